The lowest BCUT2D eigenvalue weighted by atomic mass is 10.1. The van der Waals surface area contributed by atoms with Crippen molar-refractivity contribution < 1.29 is 4.79 Å². The number of ketones is 1. The molecule has 0 saturated carbocycles. The number of carbonyl (C=O) groups is 1. The maximum absolute atomic E-state index is 11.4. The first-order valence-electron chi connectivity index (χ1n) is 4.54. The summed E-state index contributed by atoms with van der Waals surface area (Å²) in [4.78, 5) is 19.4. The molecule has 0 atom stereocenters. The van der Waals surface area contributed by atoms with Crippen molar-refractivity contribution in [2.75, 3.05) is 0 Å². The molecule has 0 saturated heterocycles. The zero-order valence-corrected chi connectivity index (χ0v) is 9.04. The van der Waals surface area contributed by atoms with Crippen molar-refractivity contribution in [2.45, 2.75) is 17.0 Å². The molecule has 0 radical (unpaired) electrons. The van der Waals surface area contributed by atoms with E-state index in [4.69, 9.17) is 0 Å². The van der Waals surface area contributed by atoms with Crippen LogP contribution in [0.25, 0.3) is 0 Å². The highest BCUT2D eigenvalue weighted by molar-refractivity contribution is 7.99. The molecule has 1 N–H and O–H groups in total. The van der Waals surface area contributed by atoms with Crippen molar-refractivity contribution in [3.8, 4) is 0 Å². The van der Waals surface area contributed by atoms with E-state index in [1.807, 2.05) is 24.3 Å². The largest absolute Gasteiger partial charge is 0.339 e. The van der Waals surface area contributed by atoms with Crippen LogP contribution in [0.4, 0.5) is 0 Å². The molecular weight excluding hydrogens is 208 g/mol. The van der Waals surface area contributed by atoms with Crippen molar-refractivity contribution in [1.29, 1.82) is 0 Å². The fraction of sp³-hybridized carbons (Fsp3) is 0.0909. The first kappa shape index (κ1) is 9.98. The van der Waals surface area contributed by atoms with Crippen molar-refractivity contribution >= 4 is 17.5 Å². The molecule has 3 nitrogen and oxygen atoms in total. The Morgan fingerprint density at radius 1 is 1.40 bits per heavy atom. The number of carbonyl (C=O) groups excluding carboxylic acids is 1. The fourth-order valence-corrected chi connectivity index (χ4v) is 2.17. The van der Waals surface area contributed by atoms with Gasteiger partial charge in [0.15, 0.2) is 10.9 Å². The Balaban J connectivity index is 2.32. The Kier molecular flexibility index (Phi) is 2.87. The summed E-state index contributed by atoms with van der Waals surface area (Å²) in [6.07, 6.45) is 3.46. The summed E-state index contributed by atoms with van der Waals surface area (Å²) in [7, 11) is 0. The fourth-order valence-electron chi connectivity index (χ4n) is 1.26. The number of aromatic amines is 1. The molecule has 0 bridgehead atoms. The number of nitrogens with zero attached hydrogens (tertiary/aromatic N) is 1. The van der Waals surface area contributed by atoms with Gasteiger partial charge in [-0.05, 0) is 13.0 Å². The Bertz CT molecular complexity index is 465. The van der Waals surface area contributed by atoms with Crippen LogP contribution in [0.3, 0.4) is 0 Å². The van der Waals surface area contributed by atoms with Gasteiger partial charge in [0.25, 0.3) is 0 Å². The Morgan fingerprint density at radius 3 is 2.87 bits per heavy atom. The molecule has 0 aliphatic heterocycles. The molecule has 0 spiro atoms. The van der Waals surface area contributed by atoms with Gasteiger partial charge in [-0.1, -0.05) is 30.0 Å². The van der Waals surface area contributed by atoms with E-state index in [2.05, 4.69) is 9.97 Å². The predicted molar refractivity (Wildman–Crippen MR) is 59.2 cm³/mol. The maximum atomic E-state index is 11.4. The molecule has 0 aliphatic rings. The summed E-state index contributed by atoms with van der Waals surface area (Å²) in [6.45, 7) is 1.57. The van der Waals surface area contributed by atoms with Crippen LogP contribution in [-0.2, 0) is 0 Å². The van der Waals surface area contributed by atoms with Gasteiger partial charge in [0, 0.05) is 22.9 Å². The Labute approximate surface area is 91.9 Å². The van der Waals surface area contributed by atoms with Crippen molar-refractivity contribution in [3.63, 3.8) is 0 Å². The third-order valence-corrected chi connectivity index (χ3v) is 2.94. The molecule has 1 aromatic heterocycles. The number of Topliss-reactive ketones (excluding diaryl/α,β-unsaturated/α-hetero) is 1. The van der Waals surface area contributed by atoms with Crippen LogP contribution in [0.1, 0.15) is 17.3 Å². The number of hydrogen-bond donors (Lipinski definition) is 1. The topological polar surface area (TPSA) is 45.8 Å². The van der Waals surface area contributed by atoms with Gasteiger partial charge >= 0.3 is 0 Å². The van der Waals surface area contributed by atoms with Crippen LogP contribution in [0.5, 0.6) is 0 Å². The Morgan fingerprint density at radius 2 is 2.20 bits per heavy atom. The van der Waals surface area contributed by atoms with Gasteiger partial charge in [-0.25, -0.2) is 4.98 Å². The third-order valence-electron chi connectivity index (χ3n) is 1.95. The minimum Gasteiger partial charge on any atom is -0.339 e. The summed E-state index contributed by atoms with van der Waals surface area (Å²) < 4.78 is 0. The highest BCUT2D eigenvalue weighted by atomic mass is 32.2. The number of aromatic nitrogens is 2. The SMILES string of the molecule is CC(=O)c1ccccc1Sc1ncc[nH]1. The number of H-pyrrole nitrogens is 1. The third kappa shape index (κ3) is 2.27. The molecule has 15 heavy (non-hydrogen) atoms. The second kappa shape index (κ2) is 4.31. The molecule has 0 unspecified atom stereocenters. The average molecular weight is 218 g/mol. The molecule has 0 amide bonds. The van der Waals surface area contributed by atoms with Crippen LogP contribution < -0.4 is 0 Å². The molecule has 2 rings (SSSR count). The number of imidazole rings is 1. The van der Waals surface area contributed by atoms with E-state index >= 15 is 0 Å². The summed E-state index contributed by atoms with van der Waals surface area (Å²) in [5.41, 5.74) is 0.735. The number of nitrogens with one attached hydrogen (secondary N) is 1. The quantitative estimate of drug-likeness (QED) is 0.806. The average Bonchev–Trinajstić information content (AvgIpc) is 2.71. The van der Waals surface area contributed by atoms with E-state index < -0.39 is 0 Å². The minimum absolute atomic E-state index is 0.0738. The summed E-state index contributed by atoms with van der Waals surface area (Å²) in [5, 5.41) is 0.795. The van der Waals surface area contributed by atoms with Crippen LogP contribution in [-0.4, -0.2) is 15.8 Å². The van der Waals surface area contributed by atoms with E-state index in [0.717, 1.165) is 15.6 Å². The molecular formula is C11H10N2OS. The van der Waals surface area contributed by atoms with Gasteiger partial charge in [-0.3, -0.25) is 4.79 Å². The lowest BCUT2D eigenvalue weighted by Gasteiger charge is -2.03. The normalized spacial score (nSPS) is 10.2. The number of hydrogen-bond acceptors (Lipinski definition) is 3. The van der Waals surface area contributed by atoms with Crippen LogP contribution in [0.15, 0.2) is 46.7 Å². The lowest BCUT2D eigenvalue weighted by molar-refractivity contribution is 0.101. The van der Waals surface area contributed by atoms with Gasteiger partial charge in [0.05, 0.1) is 0 Å². The van der Waals surface area contributed by atoms with Crippen molar-refractivity contribution in [2.24, 2.45) is 0 Å². The van der Waals surface area contributed by atoms with Gasteiger partial charge in [-0.2, -0.15) is 0 Å². The highest BCUT2D eigenvalue weighted by Gasteiger charge is 2.08. The van der Waals surface area contributed by atoms with Crippen molar-refractivity contribution in [1.82, 2.24) is 9.97 Å². The first-order valence-corrected chi connectivity index (χ1v) is 5.36. The zero-order chi connectivity index (χ0) is 10.7. The summed E-state index contributed by atoms with van der Waals surface area (Å²) in [6, 6.07) is 7.53. The first-order chi connectivity index (χ1) is 7.27. The number of benzene rings is 1. The van der Waals surface area contributed by atoms with Gasteiger partial charge in [0.1, 0.15) is 0 Å². The monoisotopic (exact) mass is 218 g/mol. The van der Waals surface area contributed by atoms with Crippen LogP contribution in [0, 0.1) is 0 Å². The van der Waals surface area contributed by atoms with Gasteiger partial charge in [0.2, 0.25) is 0 Å². The van der Waals surface area contributed by atoms with E-state index in [-0.39, 0.29) is 5.78 Å². The van der Waals surface area contributed by atoms with Crippen molar-refractivity contribution in [3.05, 3.63) is 42.2 Å². The number of rotatable bonds is 3. The van der Waals surface area contributed by atoms with Gasteiger partial charge in [-0.15, -0.1) is 0 Å². The second-order valence-electron chi connectivity index (χ2n) is 3.05. The molecule has 0 aliphatic carbocycles. The zero-order valence-electron chi connectivity index (χ0n) is 8.23. The van der Waals surface area contributed by atoms with E-state index in [0.29, 0.717) is 0 Å². The molecule has 76 valence electrons. The standard InChI is InChI=1S/C11H10N2OS/c1-8(14)9-4-2-3-5-10(9)15-11-12-6-7-13-11/h2-7H,1H3,(H,12,13). The lowest BCUT2D eigenvalue weighted by Crippen LogP contribution is -1.94. The summed E-state index contributed by atoms with van der Waals surface area (Å²) >= 11 is 1.46. The van der Waals surface area contributed by atoms with Gasteiger partial charge < -0.3 is 4.98 Å². The predicted octanol–water partition coefficient (Wildman–Crippen LogP) is 2.76. The van der Waals surface area contributed by atoms with E-state index in [1.54, 1.807) is 19.3 Å². The molecule has 2 aromatic rings. The van der Waals surface area contributed by atoms with Crippen LogP contribution >= 0.6 is 11.8 Å². The Hall–Kier alpha value is -1.55. The van der Waals surface area contributed by atoms with Crippen LogP contribution in [0.2, 0.25) is 0 Å². The van der Waals surface area contributed by atoms with E-state index in [9.17, 15) is 4.79 Å². The molecule has 0 fully saturated rings. The molecule has 1 heterocycles. The summed E-state index contributed by atoms with van der Waals surface area (Å²) in [5.74, 6) is 0.0738. The maximum Gasteiger partial charge on any atom is 0.170 e. The minimum atomic E-state index is 0.0738. The molecule has 1 aromatic carbocycles. The second-order valence-corrected chi connectivity index (χ2v) is 4.08. The smallest absolute Gasteiger partial charge is 0.170 e. The molecule has 4 heteroatoms. The highest BCUT2D eigenvalue weighted by Crippen LogP contribution is 2.27. The van der Waals surface area contributed by atoms with E-state index in [1.165, 1.54) is 11.8 Å².